The summed E-state index contributed by atoms with van der Waals surface area (Å²) >= 11 is 5.81. The van der Waals surface area contributed by atoms with Crippen molar-refractivity contribution in [2.75, 3.05) is 26.2 Å². The van der Waals surface area contributed by atoms with Crippen LogP contribution >= 0.6 is 11.6 Å². The third kappa shape index (κ3) is 4.61. The second kappa shape index (κ2) is 8.50. The van der Waals surface area contributed by atoms with Crippen LogP contribution in [0.1, 0.15) is 49.8 Å². The van der Waals surface area contributed by atoms with Gasteiger partial charge in [-0.05, 0) is 18.6 Å². The summed E-state index contributed by atoms with van der Waals surface area (Å²) < 4.78 is 54.9. The summed E-state index contributed by atoms with van der Waals surface area (Å²) in [5.41, 5.74) is -1.21. The highest BCUT2D eigenvalue weighted by Crippen LogP contribution is 2.41. The maximum Gasteiger partial charge on any atom is 0.416 e. The number of alkyl halides is 3. The molecule has 0 saturated carbocycles. The van der Waals surface area contributed by atoms with E-state index >= 15 is 0 Å². The molecule has 0 unspecified atom stereocenters. The Morgan fingerprint density at radius 3 is 2.46 bits per heavy atom. The standard InChI is InChI=1S/C17H23ClF4N2/c1-2-3-4-5-14(24-10-8-23-9-11-24)15-12(17(20,21)22)6-7-13(18)16(15)19/h6-7,14,23H,2-5,8-11H2,1H3/t14-/m1/s1. The molecule has 0 aliphatic carbocycles. The first-order chi connectivity index (χ1) is 11.4. The number of hydrogen-bond donors (Lipinski definition) is 1. The summed E-state index contributed by atoms with van der Waals surface area (Å²) in [5, 5.41) is 2.92. The Balaban J connectivity index is 2.45. The SMILES string of the molecule is CCCCC[C@H](c1c(C(F)(F)F)ccc(Cl)c1F)N1CCNCC1. The molecule has 1 saturated heterocycles. The fourth-order valence-electron chi connectivity index (χ4n) is 3.23. The molecule has 2 rings (SSSR count). The fourth-order valence-corrected chi connectivity index (χ4v) is 3.40. The Kier molecular flexibility index (Phi) is 6.89. The number of hydrogen-bond acceptors (Lipinski definition) is 2. The quantitative estimate of drug-likeness (QED) is 0.561. The second-order valence-electron chi connectivity index (χ2n) is 6.12. The number of nitrogens with zero attached hydrogens (tertiary/aromatic N) is 1. The highest BCUT2D eigenvalue weighted by molar-refractivity contribution is 6.30. The van der Waals surface area contributed by atoms with E-state index < -0.39 is 23.6 Å². The van der Waals surface area contributed by atoms with Crippen LogP contribution in [0.3, 0.4) is 0 Å². The third-order valence-electron chi connectivity index (χ3n) is 4.44. The first kappa shape index (κ1) is 19.5. The van der Waals surface area contributed by atoms with Crippen molar-refractivity contribution in [2.24, 2.45) is 0 Å². The largest absolute Gasteiger partial charge is 0.416 e. The van der Waals surface area contributed by atoms with Crippen molar-refractivity contribution < 1.29 is 17.6 Å². The summed E-state index contributed by atoms with van der Waals surface area (Å²) in [4.78, 5) is 1.94. The summed E-state index contributed by atoms with van der Waals surface area (Å²) in [5.74, 6) is -0.938. The summed E-state index contributed by atoms with van der Waals surface area (Å²) in [7, 11) is 0. The molecule has 2 nitrogen and oxygen atoms in total. The highest BCUT2D eigenvalue weighted by atomic mass is 35.5. The molecule has 0 spiro atoms. The van der Waals surface area contributed by atoms with Crippen LogP contribution in [-0.2, 0) is 6.18 Å². The highest BCUT2D eigenvalue weighted by Gasteiger charge is 2.39. The summed E-state index contributed by atoms with van der Waals surface area (Å²) in [6.45, 7) is 4.60. The maximum absolute atomic E-state index is 14.6. The van der Waals surface area contributed by atoms with E-state index in [0.717, 1.165) is 31.4 Å². The van der Waals surface area contributed by atoms with E-state index in [-0.39, 0.29) is 10.6 Å². The van der Waals surface area contributed by atoms with Crippen LogP contribution in [-0.4, -0.2) is 31.1 Å². The van der Waals surface area contributed by atoms with Gasteiger partial charge in [0.15, 0.2) is 0 Å². The molecule has 1 fully saturated rings. The lowest BCUT2D eigenvalue weighted by Crippen LogP contribution is -2.45. The molecule has 7 heteroatoms. The van der Waals surface area contributed by atoms with Crippen molar-refractivity contribution in [2.45, 2.75) is 44.8 Å². The first-order valence-electron chi connectivity index (χ1n) is 8.36. The van der Waals surface area contributed by atoms with Crippen molar-refractivity contribution in [3.63, 3.8) is 0 Å². The van der Waals surface area contributed by atoms with Crippen LogP contribution in [0.15, 0.2) is 12.1 Å². The molecule has 1 atom stereocenters. The van der Waals surface area contributed by atoms with E-state index in [2.05, 4.69) is 5.32 Å². The van der Waals surface area contributed by atoms with Crippen molar-refractivity contribution in [3.8, 4) is 0 Å². The van der Waals surface area contributed by atoms with Crippen molar-refractivity contribution in [3.05, 3.63) is 34.1 Å². The molecular weight excluding hydrogens is 344 g/mol. The van der Waals surface area contributed by atoms with E-state index in [1.807, 2.05) is 11.8 Å². The molecule has 0 radical (unpaired) electrons. The Morgan fingerprint density at radius 2 is 1.88 bits per heavy atom. The second-order valence-corrected chi connectivity index (χ2v) is 6.53. The van der Waals surface area contributed by atoms with Crippen LogP contribution in [0.5, 0.6) is 0 Å². The zero-order valence-electron chi connectivity index (χ0n) is 13.7. The summed E-state index contributed by atoms with van der Waals surface area (Å²) in [6, 6.07) is 1.29. The van der Waals surface area contributed by atoms with Gasteiger partial charge in [0.1, 0.15) is 5.82 Å². The van der Waals surface area contributed by atoms with Gasteiger partial charge in [-0.3, -0.25) is 4.90 Å². The minimum absolute atomic E-state index is 0.256. The lowest BCUT2D eigenvalue weighted by Gasteiger charge is -2.36. The average Bonchev–Trinajstić information content (AvgIpc) is 2.54. The van der Waals surface area contributed by atoms with Crippen LogP contribution in [0.4, 0.5) is 17.6 Å². The monoisotopic (exact) mass is 366 g/mol. The van der Waals surface area contributed by atoms with E-state index in [1.54, 1.807) is 0 Å². The van der Waals surface area contributed by atoms with Crippen LogP contribution < -0.4 is 5.32 Å². The van der Waals surface area contributed by atoms with E-state index in [0.29, 0.717) is 32.6 Å². The van der Waals surface area contributed by atoms with Crippen LogP contribution in [0, 0.1) is 5.82 Å². The number of piperazine rings is 1. The van der Waals surface area contributed by atoms with Gasteiger partial charge in [-0.1, -0.05) is 37.8 Å². The molecule has 0 bridgehead atoms. The molecular formula is C17H23ClF4N2. The van der Waals surface area contributed by atoms with Crippen molar-refractivity contribution in [1.29, 1.82) is 0 Å². The minimum Gasteiger partial charge on any atom is -0.314 e. The number of benzene rings is 1. The molecule has 0 amide bonds. The number of nitrogens with one attached hydrogen (secondary N) is 1. The number of halogens is 5. The molecule has 1 heterocycles. The zero-order valence-corrected chi connectivity index (χ0v) is 14.5. The first-order valence-corrected chi connectivity index (χ1v) is 8.74. The molecule has 1 aromatic rings. The van der Waals surface area contributed by atoms with Crippen LogP contribution in [0.25, 0.3) is 0 Å². The van der Waals surface area contributed by atoms with Gasteiger partial charge in [0.2, 0.25) is 0 Å². The van der Waals surface area contributed by atoms with Gasteiger partial charge in [-0.25, -0.2) is 4.39 Å². The lowest BCUT2D eigenvalue weighted by atomic mass is 9.93. The topological polar surface area (TPSA) is 15.3 Å². The van der Waals surface area contributed by atoms with Gasteiger partial charge in [0.25, 0.3) is 0 Å². The van der Waals surface area contributed by atoms with E-state index in [9.17, 15) is 17.6 Å². The normalized spacial score (nSPS) is 17.9. The third-order valence-corrected chi connectivity index (χ3v) is 4.74. The molecule has 1 aromatic carbocycles. The van der Waals surface area contributed by atoms with Gasteiger partial charge in [-0.2, -0.15) is 13.2 Å². The fraction of sp³-hybridized carbons (Fsp3) is 0.647. The average molecular weight is 367 g/mol. The Labute approximate surface area is 145 Å². The van der Waals surface area contributed by atoms with Crippen LogP contribution in [0.2, 0.25) is 5.02 Å². The Bertz CT molecular complexity index is 542. The van der Waals surface area contributed by atoms with Gasteiger partial charge in [0.05, 0.1) is 10.6 Å². The van der Waals surface area contributed by atoms with Gasteiger partial charge in [0, 0.05) is 37.8 Å². The Hall–Kier alpha value is -0.850. The Morgan fingerprint density at radius 1 is 1.21 bits per heavy atom. The lowest BCUT2D eigenvalue weighted by molar-refractivity contribution is -0.139. The van der Waals surface area contributed by atoms with Gasteiger partial charge in [-0.15, -0.1) is 0 Å². The zero-order chi connectivity index (χ0) is 17.7. The predicted molar refractivity (Wildman–Crippen MR) is 87.7 cm³/mol. The van der Waals surface area contributed by atoms with Crippen molar-refractivity contribution >= 4 is 11.6 Å². The van der Waals surface area contributed by atoms with E-state index in [1.165, 1.54) is 0 Å². The number of unbranched alkanes of at least 4 members (excludes halogenated alkanes) is 2. The maximum atomic E-state index is 14.6. The molecule has 1 aliphatic rings. The minimum atomic E-state index is -4.60. The molecule has 24 heavy (non-hydrogen) atoms. The van der Waals surface area contributed by atoms with Gasteiger partial charge >= 0.3 is 6.18 Å². The van der Waals surface area contributed by atoms with Crippen molar-refractivity contribution in [1.82, 2.24) is 10.2 Å². The summed E-state index contributed by atoms with van der Waals surface area (Å²) in [6.07, 6.45) is -1.48. The van der Waals surface area contributed by atoms with Gasteiger partial charge < -0.3 is 5.32 Å². The van der Waals surface area contributed by atoms with E-state index in [4.69, 9.17) is 11.6 Å². The molecule has 0 aromatic heterocycles. The smallest absolute Gasteiger partial charge is 0.314 e. The molecule has 1 N–H and O–H groups in total. The molecule has 1 aliphatic heterocycles. The number of rotatable bonds is 6. The molecule has 136 valence electrons. The predicted octanol–water partition coefficient (Wildman–Crippen LogP) is 5.02.